The number of halogens is 2. The first-order chi connectivity index (χ1) is 16.9. The number of hydrogen-bond donors (Lipinski definition) is 0. The van der Waals surface area contributed by atoms with Gasteiger partial charge in [0.25, 0.3) is 0 Å². The maximum atomic E-state index is 12.8. The molecule has 0 bridgehead atoms. The predicted octanol–water partition coefficient (Wildman–Crippen LogP) is 4.00. The van der Waals surface area contributed by atoms with E-state index in [0.29, 0.717) is 30.0 Å². The zero-order valence-electron chi connectivity index (χ0n) is 19.7. The third kappa shape index (κ3) is 6.92. The van der Waals surface area contributed by atoms with E-state index in [1.165, 1.54) is 11.8 Å². The molecule has 0 aliphatic carbocycles. The van der Waals surface area contributed by atoms with Crippen molar-refractivity contribution in [1.29, 1.82) is 0 Å². The van der Waals surface area contributed by atoms with Gasteiger partial charge in [-0.3, -0.25) is 9.59 Å². The fourth-order valence-corrected chi connectivity index (χ4v) is 5.52. The lowest BCUT2D eigenvalue weighted by molar-refractivity contribution is -0.151. The number of rotatable bonds is 7. The van der Waals surface area contributed by atoms with Crippen LogP contribution in [0.2, 0.25) is 10.2 Å². The van der Waals surface area contributed by atoms with E-state index in [-0.39, 0.29) is 23.5 Å². The summed E-state index contributed by atoms with van der Waals surface area (Å²) in [5, 5.41) is 1.55. The Labute approximate surface area is 219 Å². The predicted molar refractivity (Wildman–Crippen MR) is 140 cm³/mol. The van der Waals surface area contributed by atoms with E-state index in [2.05, 4.69) is 25.8 Å². The highest BCUT2D eigenvalue weighted by Crippen LogP contribution is 2.26. The van der Waals surface area contributed by atoms with Crippen LogP contribution in [0.15, 0.2) is 35.5 Å². The molecule has 2 aliphatic rings. The summed E-state index contributed by atoms with van der Waals surface area (Å²) < 4.78 is 5.13. The average Bonchev–Trinajstić information content (AvgIpc) is 2.87. The van der Waals surface area contributed by atoms with Crippen LogP contribution in [0, 0.1) is 5.92 Å². The third-order valence-electron chi connectivity index (χ3n) is 6.16. The molecule has 188 valence electrons. The van der Waals surface area contributed by atoms with Gasteiger partial charge in [0.05, 0.1) is 18.3 Å². The minimum atomic E-state index is -0.253. The van der Waals surface area contributed by atoms with Crippen LogP contribution < -0.4 is 9.80 Å². The summed E-state index contributed by atoms with van der Waals surface area (Å²) in [7, 11) is 0. The van der Waals surface area contributed by atoms with Gasteiger partial charge in [-0.2, -0.15) is 0 Å². The number of piperidine rings is 1. The van der Waals surface area contributed by atoms with E-state index in [9.17, 15) is 9.59 Å². The van der Waals surface area contributed by atoms with Crippen LogP contribution in [0.1, 0.15) is 19.8 Å². The molecule has 1 aromatic carbocycles. The second-order valence-corrected chi connectivity index (χ2v) is 10.3. The Bertz CT molecular complexity index is 1050. The Hall–Kier alpha value is -2.23. The van der Waals surface area contributed by atoms with E-state index >= 15 is 0 Å². The number of hydrogen-bond acceptors (Lipinski definition) is 8. The number of carbonyl (C=O) groups is 2. The molecule has 1 aromatic heterocycles. The van der Waals surface area contributed by atoms with E-state index in [1.54, 1.807) is 17.9 Å². The molecule has 3 heterocycles. The zero-order valence-corrected chi connectivity index (χ0v) is 22.0. The third-order valence-corrected chi connectivity index (χ3v) is 7.42. The smallest absolute Gasteiger partial charge is 0.310 e. The highest BCUT2D eigenvalue weighted by Gasteiger charge is 2.29. The Kier molecular flexibility index (Phi) is 8.97. The molecule has 0 spiro atoms. The molecule has 35 heavy (non-hydrogen) atoms. The number of benzene rings is 1. The van der Waals surface area contributed by atoms with Crippen LogP contribution in [-0.2, 0) is 14.3 Å². The van der Waals surface area contributed by atoms with Crippen LogP contribution in [0.25, 0.3) is 0 Å². The van der Waals surface area contributed by atoms with Crippen LogP contribution >= 0.6 is 35.0 Å². The van der Waals surface area contributed by atoms with Crippen molar-refractivity contribution in [2.24, 2.45) is 5.92 Å². The van der Waals surface area contributed by atoms with Gasteiger partial charge < -0.3 is 19.4 Å². The molecule has 4 rings (SSSR count). The molecule has 2 saturated heterocycles. The normalized spacial score (nSPS) is 18.5. The molecule has 0 radical (unpaired) electrons. The molecular weight excluding hydrogens is 509 g/mol. The minimum Gasteiger partial charge on any atom is -0.466 e. The molecule has 1 unspecified atom stereocenters. The zero-order chi connectivity index (χ0) is 24.8. The number of aromatic nitrogens is 2. The quantitative estimate of drug-likeness (QED) is 0.227. The molecule has 11 heteroatoms. The van der Waals surface area contributed by atoms with Gasteiger partial charge in [0.15, 0.2) is 5.16 Å². The van der Waals surface area contributed by atoms with Gasteiger partial charge in [-0.1, -0.05) is 41.0 Å². The summed E-state index contributed by atoms with van der Waals surface area (Å²) in [6, 6.07) is 9.63. The number of ether oxygens (including phenoxy) is 1. The van der Waals surface area contributed by atoms with Gasteiger partial charge in [0.1, 0.15) is 11.0 Å². The maximum absolute atomic E-state index is 12.8. The standard InChI is InChI=1S/C24H29Cl2N5O3S/c1-2-34-23(33)17-5-4-8-31(15-17)22(32)16-35-24-27-20(26)14-21(28-24)30-11-9-29(10-12-30)19-7-3-6-18(25)13-19/h3,6-7,13-14,17H,2,4-5,8-12,15-16H2,1H3. The second kappa shape index (κ2) is 12.1. The molecule has 2 aromatic rings. The van der Waals surface area contributed by atoms with Crippen LogP contribution in [0.5, 0.6) is 0 Å². The molecule has 0 saturated carbocycles. The van der Waals surface area contributed by atoms with Crippen molar-refractivity contribution in [3.05, 3.63) is 40.5 Å². The molecule has 1 amide bonds. The number of nitrogens with zero attached hydrogens (tertiary/aromatic N) is 5. The fraction of sp³-hybridized carbons (Fsp3) is 0.500. The van der Waals surface area contributed by atoms with Gasteiger partial charge in [-0.05, 0) is 38.0 Å². The summed E-state index contributed by atoms with van der Waals surface area (Å²) in [6.45, 7) is 6.42. The minimum absolute atomic E-state index is 0.0377. The van der Waals surface area contributed by atoms with Crippen molar-refractivity contribution in [3.8, 4) is 0 Å². The lowest BCUT2D eigenvalue weighted by Crippen LogP contribution is -2.46. The van der Waals surface area contributed by atoms with Crippen LogP contribution in [0.4, 0.5) is 11.5 Å². The molecule has 0 N–H and O–H groups in total. The summed E-state index contributed by atoms with van der Waals surface area (Å²) in [4.78, 5) is 40.0. The van der Waals surface area contributed by atoms with Crippen molar-refractivity contribution in [2.45, 2.75) is 24.9 Å². The first-order valence-electron chi connectivity index (χ1n) is 11.8. The number of esters is 1. The lowest BCUT2D eigenvalue weighted by Gasteiger charge is -2.36. The van der Waals surface area contributed by atoms with Gasteiger partial charge in [-0.25, -0.2) is 9.97 Å². The number of piperazine rings is 1. The van der Waals surface area contributed by atoms with Crippen molar-refractivity contribution >= 4 is 58.3 Å². The molecular formula is C24H29Cl2N5O3S. The summed E-state index contributed by atoms with van der Waals surface area (Å²) in [5.74, 6) is 0.432. The first-order valence-corrected chi connectivity index (χ1v) is 13.5. The number of amides is 1. The monoisotopic (exact) mass is 537 g/mol. The summed E-state index contributed by atoms with van der Waals surface area (Å²) >= 11 is 13.7. The first kappa shape index (κ1) is 25.9. The average molecular weight is 539 g/mol. The number of likely N-dealkylation sites (tertiary alicyclic amines) is 1. The van der Waals surface area contributed by atoms with E-state index in [0.717, 1.165) is 55.5 Å². The topological polar surface area (TPSA) is 78.9 Å². The summed E-state index contributed by atoms with van der Waals surface area (Å²) in [6.07, 6.45) is 1.54. The number of thioether (sulfide) groups is 1. The van der Waals surface area contributed by atoms with Crippen LogP contribution in [0.3, 0.4) is 0 Å². The Morgan fingerprint density at radius 2 is 1.86 bits per heavy atom. The Morgan fingerprint density at radius 3 is 2.60 bits per heavy atom. The molecule has 2 aliphatic heterocycles. The molecule has 1 atom stereocenters. The van der Waals surface area contributed by atoms with Gasteiger partial charge in [0.2, 0.25) is 5.91 Å². The largest absolute Gasteiger partial charge is 0.466 e. The highest BCUT2D eigenvalue weighted by molar-refractivity contribution is 7.99. The Balaban J connectivity index is 1.32. The highest BCUT2D eigenvalue weighted by atomic mass is 35.5. The van der Waals surface area contributed by atoms with E-state index in [4.69, 9.17) is 27.9 Å². The SMILES string of the molecule is CCOC(=O)C1CCCN(C(=O)CSc2nc(Cl)cc(N3CCN(c4cccc(Cl)c4)CC3)n2)C1. The maximum Gasteiger partial charge on any atom is 0.310 e. The number of carbonyl (C=O) groups excluding carboxylic acids is 2. The van der Waals surface area contributed by atoms with Gasteiger partial charge in [0, 0.05) is 56.0 Å². The Morgan fingerprint density at radius 1 is 1.09 bits per heavy atom. The van der Waals surface area contributed by atoms with Crippen LogP contribution in [-0.4, -0.2) is 78.4 Å². The van der Waals surface area contributed by atoms with Gasteiger partial charge in [-0.15, -0.1) is 0 Å². The van der Waals surface area contributed by atoms with Crippen molar-refractivity contribution in [1.82, 2.24) is 14.9 Å². The molecule has 2 fully saturated rings. The van der Waals surface area contributed by atoms with E-state index < -0.39 is 0 Å². The fourth-order valence-electron chi connectivity index (χ4n) is 4.35. The van der Waals surface area contributed by atoms with Crippen molar-refractivity contribution in [3.63, 3.8) is 0 Å². The number of anilines is 2. The van der Waals surface area contributed by atoms with Gasteiger partial charge >= 0.3 is 5.97 Å². The summed E-state index contributed by atoms with van der Waals surface area (Å²) in [5.41, 5.74) is 1.11. The lowest BCUT2D eigenvalue weighted by atomic mass is 9.98. The molecule has 8 nitrogen and oxygen atoms in total. The second-order valence-electron chi connectivity index (χ2n) is 8.51. The van der Waals surface area contributed by atoms with E-state index in [1.807, 2.05) is 18.2 Å². The van der Waals surface area contributed by atoms with Crippen molar-refractivity contribution < 1.29 is 14.3 Å². The van der Waals surface area contributed by atoms with Crippen molar-refractivity contribution in [2.75, 3.05) is 61.4 Å².